The predicted octanol–water partition coefficient (Wildman–Crippen LogP) is 3.62. The summed E-state index contributed by atoms with van der Waals surface area (Å²) in [5.74, 6) is -0.335. The van der Waals surface area contributed by atoms with Crippen LogP contribution in [0.25, 0.3) is 0 Å². The zero-order chi connectivity index (χ0) is 18.6. The van der Waals surface area contributed by atoms with E-state index in [0.717, 1.165) is 14.6 Å². The molecule has 1 aromatic heterocycles. The number of halogens is 1. The highest BCUT2D eigenvalue weighted by atomic mass is 79.9. The maximum atomic E-state index is 12.5. The molecule has 2 aromatic carbocycles. The highest BCUT2D eigenvalue weighted by Crippen LogP contribution is 2.17. The van der Waals surface area contributed by atoms with Crippen molar-refractivity contribution in [3.8, 4) is 5.75 Å². The Balaban J connectivity index is 1.80. The van der Waals surface area contributed by atoms with Crippen LogP contribution in [0.2, 0.25) is 0 Å². The highest BCUT2D eigenvalue weighted by molar-refractivity contribution is 9.10. The van der Waals surface area contributed by atoms with Crippen LogP contribution < -0.4 is 10.3 Å². The second-order valence-electron chi connectivity index (χ2n) is 5.62. The van der Waals surface area contributed by atoms with Crippen LogP contribution in [0, 0.1) is 0 Å². The first-order valence-electron chi connectivity index (χ1n) is 7.80. The molecule has 0 aliphatic carbocycles. The summed E-state index contributed by atoms with van der Waals surface area (Å²) >= 11 is 3.27. The lowest BCUT2D eigenvalue weighted by Crippen LogP contribution is -2.25. The van der Waals surface area contributed by atoms with Crippen LogP contribution in [0.15, 0.2) is 87.1 Å². The van der Waals surface area contributed by atoms with Gasteiger partial charge in [-0.25, -0.2) is 8.42 Å². The van der Waals surface area contributed by atoms with Gasteiger partial charge in [0.05, 0.1) is 4.90 Å². The van der Waals surface area contributed by atoms with Gasteiger partial charge in [-0.3, -0.25) is 9.36 Å². The van der Waals surface area contributed by atoms with Crippen molar-refractivity contribution in [2.75, 3.05) is 0 Å². The number of ether oxygens (including phenoxy) is 1. The molecule has 0 saturated heterocycles. The Labute approximate surface area is 159 Å². The smallest absolute Gasteiger partial charge is 0.293 e. The molecule has 0 N–H and O–H groups in total. The fraction of sp³-hybridized carbons (Fsp3) is 0.105. The van der Waals surface area contributed by atoms with E-state index in [4.69, 9.17) is 4.74 Å². The number of benzene rings is 2. The van der Waals surface area contributed by atoms with E-state index in [1.54, 1.807) is 18.2 Å². The van der Waals surface area contributed by atoms with Crippen molar-refractivity contribution in [3.05, 3.63) is 93.3 Å². The van der Waals surface area contributed by atoms with E-state index in [1.807, 2.05) is 30.3 Å². The van der Waals surface area contributed by atoms with Gasteiger partial charge in [-0.2, -0.15) is 0 Å². The lowest BCUT2D eigenvalue weighted by Gasteiger charge is -2.10. The Bertz CT molecular complexity index is 1040. The molecule has 0 saturated carbocycles. The second kappa shape index (κ2) is 7.88. The topological polar surface area (TPSA) is 65.4 Å². The van der Waals surface area contributed by atoms with Crippen molar-refractivity contribution in [1.29, 1.82) is 0 Å². The van der Waals surface area contributed by atoms with Crippen molar-refractivity contribution in [2.45, 2.75) is 17.4 Å². The van der Waals surface area contributed by atoms with Crippen molar-refractivity contribution < 1.29 is 13.2 Å². The Hall–Kier alpha value is -2.38. The molecule has 0 fully saturated rings. The van der Waals surface area contributed by atoms with Gasteiger partial charge in [0.25, 0.3) is 5.56 Å². The first-order chi connectivity index (χ1) is 12.5. The molecule has 0 amide bonds. The summed E-state index contributed by atoms with van der Waals surface area (Å²) in [6.07, 6.45) is 1.44. The fourth-order valence-corrected chi connectivity index (χ4v) is 3.89. The molecule has 26 heavy (non-hydrogen) atoms. The number of sulfone groups is 1. The molecular formula is C19H16BrNO4S. The van der Waals surface area contributed by atoms with Crippen molar-refractivity contribution in [1.82, 2.24) is 4.57 Å². The Morgan fingerprint density at radius 1 is 0.923 bits per heavy atom. The maximum Gasteiger partial charge on any atom is 0.293 e. The number of pyridine rings is 1. The van der Waals surface area contributed by atoms with Gasteiger partial charge in [-0.05, 0) is 42.0 Å². The summed E-state index contributed by atoms with van der Waals surface area (Å²) in [7, 11) is -3.65. The third kappa shape index (κ3) is 4.42. The molecule has 1 heterocycles. The summed E-state index contributed by atoms with van der Waals surface area (Å²) in [6.45, 7) is 0.236. The molecular weight excluding hydrogens is 418 g/mol. The van der Waals surface area contributed by atoms with Gasteiger partial charge in [0.2, 0.25) is 0 Å². The molecule has 7 heteroatoms. The van der Waals surface area contributed by atoms with Crippen molar-refractivity contribution >= 4 is 25.8 Å². The maximum absolute atomic E-state index is 12.5. The molecule has 0 aliphatic heterocycles. The van der Waals surface area contributed by atoms with Gasteiger partial charge in [-0.15, -0.1) is 0 Å². The van der Waals surface area contributed by atoms with E-state index >= 15 is 0 Å². The van der Waals surface area contributed by atoms with E-state index < -0.39 is 21.3 Å². The van der Waals surface area contributed by atoms with Crippen LogP contribution in [-0.4, -0.2) is 13.0 Å². The first-order valence-corrected chi connectivity index (χ1v) is 10.2. The molecule has 0 atom stereocenters. The summed E-state index contributed by atoms with van der Waals surface area (Å²) < 4.78 is 32.6. The third-order valence-corrected chi connectivity index (χ3v) is 5.84. The normalized spacial score (nSPS) is 11.3. The highest BCUT2D eigenvalue weighted by Gasteiger charge is 2.17. The molecule has 3 aromatic rings. The second-order valence-corrected chi connectivity index (χ2v) is 8.49. The number of aromatic nitrogens is 1. The quantitative estimate of drug-likeness (QED) is 0.595. The number of rotatable bonds is 6. The van der Waals surface area contributed by atoms with E-state index in [9.17, 15) is 13.2 Å². The van der Waals surface area contributed by atoms with E-state index in [0.29, 0.717) is 0 Å². The van der Waals surface area contributed by atoms with Crippen LogP contribution in [0.1, 0.15) is 5.56 Å². The first kappa shape index (κ1) is 18.4. The van der Waals surface area contributed by atoms with Crippen LogP contribution in [0.4, 0.5) is 0 Å². The molecule has 3 rings (SSSR count). The number of nitrogens with zero attached hydrogens (tertiary/aromatic N) is 1. The summed E-state index contributed by atoms with van der Waals surface area (Å²) in [4.78, 5) is 12.7. The minimum Gasteiger partial charge on any atom is -0.483 e. The Morgan fingerprint density at radius 2 is 1.62 bits per heavy atom. The Kier molecular flexibility index (Phi) is 5.58. The summed E-state index contributed by atoms with van der Waals surface area (Å²) in [5, 5.41) is 0. The average molecular weight is 434 g/mol. The van der Waals surface area contributed by atoms with Gasteiger partial charge in [0.1, 0.15) is 12.5 Å². The largest absolute Gasteiger partial charge is 0.483 e. The molecule has 0 spiro atoms. The zero-order valence-electron chi connectivity index (χ0n) is 13.7. The molecule has 0 aliphatic rings. The number of hydrogen-bond donors (Lipinski definition) is 0. The summed E-state index contributed by atoms with van der Waals surface area (Å²) in [5.41, 5.74) is 0.439. The lowest BCUT2D eigenvalue weighted by molar-refractivity contribution is 0.299. The molecule has 134 valence electrons. The molecule has 0 unspecified atom stereocenters. The summed E-state index contributed by atoms with van der Waals surface area (Å²) in [6, 6.07) is 18.9. The van der Waals surface area contributed by atoms with Crippen LogP contribution in [0.5, 0.6) is 5.75 Å². The van der Waals surface area contributed by atoms with Crippen molar-refractivity contribution in [3.63, 3.8) is 0 Å². The van der Waals surface area contributed by atoms with Gasteiger partial charge in [0, 0.05) is 10.7 Å². The minimum atomic E-state index is -3.65. The van der Waals surface area contributed by atoms with Crippen molar-refractivity contribution in [2.24, 2.45) is 0 Å². The van der Waals surface area contributed by atoms with E-state index in [-0.39, 0.29) is 17.3 Å². The van der Waals surface area contributed by atoms with Gasteiger partial charge >= 0.3 is 0 Å². The van der Waals surface area contributed by atoms with Crippen LogP contribution in [-0.2, 0) is 22.3 Å². The standard InChI is InChI=1S/C19H16BrNO4S/c20-16-8-10-17(11-9-16)26(23,24)14-21-12-4-7-18(19(21)22)25-13-15-5-2-1-3-6-15/h1-12H,13-14H2. The predicted molar refractivity (Wildman–Crippen MR) is 103 cm³/mol. The Morgan fingerprint density at radius 3 is 2.31 bits per heavy atom. The van der Waals surface area contributed by atoms with Crippen LogP contribution >= 0.6 is 15.9 Å². The monoisotopic (exact) mass is 433 g/mol. The molecule has 5 nitrogen and oxygen atoms in total. The molecule has 0 bridgehead atoms. The van der Waals surface area contributed by atoms with Crippen LogP contribution in [0.3, 0.4) is 0 Å². The SMILES string of the molecule is O=c1c(OCc2ccccc2)cccn1CS(=O)(=O)c1ccc(Br)cc1. The van der Waals surface area contributed by atoms with Gasteiger partial charge in [0.15, 0.2) is 15.6 Å². The molecule has 0 radical (unpaired) electrons. The van der Waals surface area contributed by atoms with E-state index in [2.05, 4.69) is 15.9 Å². The lowest BCUT2D eigenvalue weighted by atomic mass is 10.2. The van der Waals surface area contributed by atoms with Gasteiger partial charge < -0.3 is 4.74 Å². The fourth-order valence-electron chi connectivity index (χ4n) is 2.36. The third-order valence-electron chi connectivity index (χ3n) is 3.70. The zero-order valence-corrected chi connectivity index (χ0v) is 16.1. The number of hydrogen-bond acceptors (Lipinski definition) is 4. The average Bonchev–Trinajstić information content (AvgIpc) is 2.63. The van der Waals surface area contributed by atoms with E-state index in [1.165, 1.54) is 24.4 Å². The van der Waals surface area contributed by atoms with Gasteiger partial charge in [-0.1, -0.05) is 46.3 Å². The minimum absolute atomic E-state index is 0.113.